The van der Waals surface area contributed by atoms with Gasteiger partial charge in [-0.3, -0.25) is 0 Å². The minimum absolute atomic E-state index is 0.924. The van der Waals surface area contributed by atoms with Crippen LogP contribution in [0.5, 0.6) is 0 Å². The molecule has 0 bridgehead atoms. The van der Waals surface area contributed by atoms with Gasteiger partial charge in [0.2, 0.25) is 0 Å². The van der Waals surface area contributed by atoms with E-state index in [1.54, 1.807) is 12.5 Å². The van der Waals surface area contributed by atoms with Crippen molar-refractivity contribution in [2.75, 3.05) is 26.2 Å². The van der Waals surface area contributed by atoms with Gasteiger partial charge in [0.1, 0.15) is 0 Å². The first-order valence-electron chi connectivity index (χ1n) is 6.79. The van der Waals surface area contributed by atoms with E-state index in [0.29, 0.717) is 0 Å². The fraction of sp³-hybridized carbons (Fsp3) is 0.714. The Morgan fingerprint density at radius 2 is 2.24 bits per heavy atom. The third-order valence-corrected chi connectivity index (χ3v) is 3.61. The zero-order chi connectivity index (χ0) is 11.9. The van der Waals surface area contributed by atoms with Crippen LogP contribution in [0.2, 0.25) is 0 Å². The maximum Gasteiger partial charge on any atom is 0.0947 e. The van der Waals surface area contributed by atoms with Crippen LogP contribution < -0.4 is 5.32 Å². The van der Waals surface area contributed by atoms with Gasteiger partial charge in [0.25, 0.3) is 0 Å². The highest BCUT2D eigenvalue weighted by Crippen LogP contribution is 2.15. The van der Waals surface area contributed by atoms with Gasteiger partial charge in [-0.2, -0.15) is 0 Å². The number of hydrogen-bond donors (Lipinski definition) is 1. The number of nitrogens with one attached hydrogen (secondary N) is 1. The lowest BCUT2D eigenvalue weighted by Gasteiger charge is -2.30. The van der Waals surface area contributed by atoms with E-state index in [0.717, 1.165) is 19.0 Å². The summed E-state index contributed by atoms with van der Waals surface area (Å²) in [5.41, 5.74) is 1.23. The second-order valence-corrected chi connectivity index (χ2v) is 5.19. The zero-order valence-electron chi connectivity index (χ0n) is 10.8. The first kappa shape index (κ1) is 12.7. The topological polar surface area (TPSA) is 28.4 Å². The molecule has 0 unspecified atom stereocenters. The predicted molar refractivity (Wildman–Crippen MR) is 69.9 cm³/mol. The lowest BCUT2D eigenvalue weighted by molar-refractivity contribution is 0.190. The predicted octanol–water partition coefficient (Wildman–Crippen LogP) is 2.49. The van der Waals surface area contributed by atoms with Crippen molar-refractivity contribution in [2.24, 2.45) is 5.92 Å². The highest BCUT2D eigenvalue weighted by Gasteiger charge is 2.14. The molecule has 0 radical (unpaired) electrons. The van der Waals surface area contributed by atoms with Gasteiger partial charge in [0, 0.05) is 12.1 Å². The molecule has 1 N–H and O–H groups in total. The van der Waals surface area contributed by atoms with Crippen LogP contribution in [0.4, 0.5) is 0 Å². The molecule has 0 atom stereocenters. The highest BCUT2D eigenvalue weighted by atomic mass is 16.3. The molecule has 1 fully saturated rings. The normalized spacial score (nSPS) is 18.6. The zero-order valence-corrected chi connectivity index (χ0v) is 10.8. The first-order chi connectivity index (χ1) is 8.34. The summed E-state index contributed by atoms with van der Waals surface area (Å²) in [7, 11) is 0. The van der Waals surface area contributed by atoms with Gasteiger partial charge >= 0.3 is 0 Å². The van der Waals surface area contributed by atoms with Crippen LogP contribution in [0.15, 0.2) is 23.0 Å². The highest BCUT2D eigenvalue weighted by molar-refractivity contribution is 5.04. The van der Waals surface area contributed by atoms with Crippen LogP contribution in [0.3, 0.4) is 0 Å². The summed E-state index contributed by atoms with van der Waals surface area (Å²) < 4.78 is 5.03. The van der Waals surface area contributed by atoms with E-state index in [-0.39, 0.29) is 0 Å². The minimum atomic E-state index is 0.924. The molecule has 0 spiro atoms. The average Bonchev–Trinajstić information content (AvgIpc) is 2.84. The van der Waals surface area contributed by atoms with Crippen molar-refractivity contribution in [1.82, 2.24) is 10.2 Å². The molecule has 1 aromatic heterocycles. The van der Waals surface area contributed by atoms with E-state index in [2.05, 4.69) is 17.1 Å². The monoisotopic (exact) mass is 236 g/mol. The molecule has 1 aromatic rings. The van der Waals surface area contributed by atoms with E-state index in [1.807, 2.05) is 6.07 Å². The van der Waals surface area contributed by atoms with Gasteiger partial charge in [-0.05, 0) is 57.4 Å². The second kappa shape index (κ2) is 6.82. The van der Waals surface area contributed by atoms with E-state index in [4.69, 9.17) is 4.42 Å². The summed E-state index contributed by atoms with van der Waals surface area (Å²) in [6.45, 7) is 8.21. The molecule has 2 heterocycles. The smallest absolute Gasteiger partial charge is 0.0947 e. The van der Waals surface area contributed by atoms with Gasteiger partial charge in [-0.25, -0.2) is 0 Å². The standard InChI is InChI=1S/C14H24N2O/c1-13-3-8-16(9-4-13)7-2-6-15-11-14-5-10-17-12-14/h5,10,12-13,15H,2-4,6-9,11H2,1H3. The fourth-order valence-electron chi connectivity index (χ4n) is 2.34. The molecule has 2 rings (SSSR count). The lowest BCUT2D eigenvalue weighted by Crippen LogP contribution is -2.34. The molecule has 0 aromatic carbocycles. The van der Waals surface area contributed by atoms with Crippen molar-refractivity contribution in [1.29, 1.82) is 0 Å². The van der Waals surface area contributed by atoms with E-state index in [9.17, 15) is 0 Å². The lowest BCUT2D eigenvalue weighted by atomic mass is 9.99. The third kappa shape index (κ3) is 4.52. The van der Waals surface area contributed by atoms with Crippen LogP contribution in [0.1, 0.15) is 31.7 Å². The Labute approximate surface area is 104 Å². The Hall–Kier alpha value is -0.800. The summed E-state index contributed by atoms with van der Waals surface area (Å²) >= 11 is 0. The molecule has 0 saturated carbocycles. The minimum Gasteiger partial charge on any atom is -0.472 e. The van der Waals surface area contributed by atoms with Crippen LogP contribution >= 0.6 is 0 Å². The van der Waals surface area contributed by atoms with Crippen molar-refractivity contribution >= 4 is 0 Å². The molecular formula is C14H24N2O. The maximum atomic E-state index is 5.03. The molecule has 0 aliphatic carbocycles. The molecule has 3 heteroatoms. The van der Waals surface area contributed by atoms with Crippen molar-refractivity contribution in [3.63, 3.8) is 0 Å². The fourth-order valence-corrected chi connectivity index (χ4v) is 2.34. The first-order valence-corrected chi connectivity index (χ1v) is 6.79. The molecule has 0 amide bonds. The second-order valence-electron chi connectivity index (χ2n) is 5.19. The Bertz CT molecular complexity index is 289. The average molecular weight is 236 g/mol. The molecule has 96 valence electrons. The Morgan fingerprint density at radius 1 is 1.41 bits per heavy atom. The molecule has 1 aliphatic heterocycles. The van der Waals surface area contributed by atoms with Gasteiger partial charge in [-0.15, -0.1) is 0 Å². The van der Waals surface area contributed by atoms with Crippen molar-refractivity contribution in [2.45, 2.75) is 32.7 Å². The summed E-state index contributed by atoms with van der Waals surface area (Å²) in [6.07, 6.45) is 7.53. The van der Waals surface area contributed by atoms with E-state index in [1.165, 1.54) is 44.5 Å². The number of furan rings is 1. The number of hydrogen-bond acceptors (Lipinski definition) is 3. The third-order valence-electron chi connectivity index (χ3n) is 3.61. The number of likely N-dealkylation sites (tertiary alicyclic amines) is 1. The maximum absolute atomic E-state index is 5.03. The van der Waals surface area contributed by atoms with Gasteiger partial charge < -0.3 is 14.6 Å². The Morgan fingerprint density at radius 3 is 2.94 bits per heavy atom. The summed E-state index contributed by atoms with van der Waals surface area (Å²) in [6, 6.07) is 2.01. The summed E-state index contributed by atoms with van der Waals surface area (Å²) in [4.78, 5) is 2.60. The number of nitrogens with zero attached hydrogens (tertiary/aromatic N) is 1. The van der Waals surface area contributed by atoms with Gasteiger partial charge in [-0.1, -0.05) is 6.92 Å². The largest absolute Gasteiger partial charge is 0.472 e. The SMILES string of the molecule is CC1CCN(CCCNCc2ccoc2)CC1. The van der Waals surface area contributed by atoms with Crippen LogP contribution in [-0.2, 0) is 6.54 Å². The van der Waals surface area contributed by atoms with Crippen molar-refractivity contribution in [3.05, 3.63) is 24.2 Å². The van der Waals surface area contributed by atoms with Crippen LogP contribution in [0.25, 0.3) is 0 Å². The van der Waals surface area contributed by atoms with Crippen LogP contribution in [-0.4, -0.2) is 31.1 Å². The van der Waals surface area contributed by atoms with E-state index < -0.39 is 0 Å². The van der Waals surface area contributed by atoms with Gasteiger partial charge in [0.15, 0.2) is 0 Å². The summed E-state index contributed by atoms with van der Waals surface area (Å²) in [5, 5.41) is 3.45. The number of piperidine rings is 1. The van der Waals surface area contributed by atoms with Crippen LogP contribution in [0, 0.1) is 5.92 Å². The molecule has 1 aliphatic rings. The van der Waals surface area contributed by atoms with Gasteiger partial charge in [0.05, 0.1) is 12.5 Å². The van der Waals surface area contributed by atoms with Crippen molar-refractivity contribution < 1.29 is 4.42 Å². The van der Waals surface area contributed by atoms with Crippen molar-refractivity contribution in [3.8, 4) is 0 Å². The van der Waals surface area contributed by atoms with E-state index >= 15 is 0 Å². The quantitative estimate of drug-likeness (QED) is 0.769. The molecule has 3 nitrogen and oxygen atoms in total. The number of rotatable bonds is 6. The molecule has 17 heavy (non-hydrogen) atoms. The Balaban J connectivity index is 1.49. The summed E-state index contributed by atoms with van der Waals surface area (Å²) in [5.74, 6) is 0.936. The molecule has 1 saturated heterocycles. The molecular weight excluding hydrogens is 212 g/mol. The Kier molecular flexibility index (Phi) is 5.08.